The molecule has 0 radical (unpaired) electrons. The van der Waals surface area contributed by atoms with Crippen LogP contribution in [-0.4, -0.2) is 36.3 Å². The SMILES string of the molecule is O=C(NC1CCC(Oc2ccc3ncccc3c2)CC1)C1CCOCC1. The highest BCUT2D eigenvalue weighted by molar-refractivity contribution is 5.80. The number of ether oxygens (including phenoxy) is 2. The molecular weight excluding hydrogens is 328 g/mol. The van der Waals surface area contributed by atoms with Crippen molar-refractivity contribution in [3.05, 3.63) is 36.5 Å². The number of amides is 1. The third-order valence-electron chi connectivity index (χ3n) is 5.49. The Morgan fingerprint density at radius 3 is 2.69 bits per heavy atom. The van der Waals surface area contributed by atoms with Gasteiger partial charge in [-0.3, -0.25) is 9.78 Å². The van der Waals surface area contributed by atoms with Crippen molar-refractivity contribution in [1.29, 1.82) is 0 Å². The number of rotatable bonds is 4. The number of aromatic nitrogens is 1. The quantitative estimate of drug-likeness (QED) is 0.913. The Labute approximate surface area is 154 Å². The fraction of sp³-hybridized carbons (Fsp3) is 0.524. The van der Waals surface area contributed by atoms with Crippen LogP contribution in [0.4, 0.5) is 0 Å². The molecule has 1 aromatic heterocycles. The first kappa shape index (κ1) is 17.3. The lowest BCUT2D eigenvalue weighted by Gasteiger charge is -2.31. The van der Waals surface area contributed by atoms with Gasteiger partial charge >= 0.3 is 0 Å². The van der Waals surface area contributed by atoms with Crippen LogP contribution in [0.15, 0.2) is 36.5 Å². The van der Waals surface area contributed by atoms with Gasteiger partial charge in [0.2, 0.25) is 5.91 Å². The van der Waals surface area contributed by atoms with Crippen molar-refractivity contribution in [3.63, 3.8) is 0 Å². The van der Waals surface area contributed by atoms with Gasteiger partial charge in [0.05, 0.1) is 11.6 Å². The number of pyridine rings is 1. The topological polar surface area (TPSA) is 60.5 Å². The molecule has 4 rings (SSSR count). The van der Waals surface area contributed by atoms with Crippen molar-refractivity contribution in [2.75, 3.05) is 13.2 Å². The summed E-state index contributed by atoms with van der Waals surface area (Å²) >= 11 is 0. The number of hydrogen-bond donors (Lipinski definition) is 1. The number of fused-ring (bicyclic) bond motifs is 1. The van der Waals surface area contributed by atoms with Gasteiger partial charge in [0, 0.05) is 36.8 Å². The van der Waals surface area contributed by atoms with Crippen LogP contribution in [-0.2, 0) is 9.53 Å². The minimum Gasteiger partial charge on any atom is -0.490 e. The molecule has 1 aromatic carbocycles. The Morgan fingerprint density at radius 2 is 1.88 bits per heavy atom. The van der Waals surface area contributed by atoms with Crippen LogP contribution in [0.1, 0.15) is 38.5 Å². The fourth-order valence-electron chi connectivity index (χ4n) is 3.92. The first-order chi connectivity index (χ1) is 12.8. The summed E-state index contributed by atoms with van der Waals surface area (Å²) in [6.07, 6.45) is 7.64. The van der Waals surface area contributed by atoms with Gasteiger partial charge in [-0.2, -0.15) is 0 Å². The van der Waals surface area contributed by atoms with Crippen LogP contribution in [0.3, 0.4) is 0 Å². The van der Waals surface area contributed by atoms with Crippen molar-refractivity contribution in [2.24, 2.45) is 5.92 Å². The summed E-state index contributed by atoms with van der Waals surface area (Å²) < 4.78 is 11.5. The number of benzene rings is 1. The molecule has 5 nitrogen and oxygen atoms in total. The molecule has 1 N–H and O–H groups in total. The Morgan fingerprint density at radius 1 is 1.08 bits per heavy atom. The fourth-order valence-corrected chi connectivity index (χ4v) is 3.92. The second-order valence-corrected chi connectivity index (χ2v) is 7.34. The standard InChI is InChI=1S/C21H26N2O3/c24-21(15-9-12-25-13-10-15)23-17-3-5-18(6-4-17)26-19-7-8-20-16(14-19)2-1-11-22-20/h1-2,7-8,11,14-15,17-18H,3-6,9-10,12-13H2,(H,23,24). The molecule has 0 atom stereocenters. The van der Waals surface area contributed by atoms with Gasteiger partial charge in [0.15, 0.2) is 0 Å². The largest absolute Gasteiger partial charge is 0.490 e. The molecule has 2 aliphatic rings. The molecule has 1 aliphatic heterocycles. The molecule has 1 aliphatic carbocycles. The number of carbonyl (C=O) groups excluding carboxylic acids is 1. The van der Waals surface area contributed by atoms with Crippen LogP contribution in [0.5, 0.6) is 5.75 Å². The first-order valence-corrected chi connectivity index (χ1v) is 9.67. The van der Waals surface area contributed by atoms with E-state index in [0.717, 1.165) is 55.2 Å². The van der Waals surface area contributed by atoms with Gasteiger partial charge in [0.1, 0.15) is 5.75 Å². The average Bonchev–Trinajstić information content (AvgIpc) is 2.70. The van der Waals surface area contributed by atoms with E-state index in [-0.39, 0.29) is 24.0 Å². The van der Waals surface area contributed by atoms with Crippen molar-refractivity contribution in [3.8, 4) is 5.75 Å². The zero-order valence-electron chi connectivity index (χ0n) is 15.0. The maximum atomic E-state index is 12.4. The molecule has 1 saturated heterocycles. The van der Waals surface area contributed by atoms with E-state index >= 15 is 0 Å². The zero-order chi connectivity index (χ0) is 17.8. The monoisotopic (exact) mass is 354 g/mol. The summed E-state index contributed by atoms with van der Waals surface area (Å²) in [5.41, 5.74) is 0.986. The summed E-state index contributed by atoms with van der Waals surface area (Å²) in [4.78, 5) is 16.7. The van der Waals surface area contributed by atoms with Gasteiger partial charge in [-0.25, -0.2) is 0 Å². The molecule has 26 heavy (non-hydrogen) atoms. The molecular formula is C21H26N2O3. The van der Waals surface area contributed by atoms with Crippen LogP contribution >= 0.6 is 0 Å². The van der Waals surface area contributed by atoms with E-state index in [2.05, 4.69) is 22.4 Å². The molecule has 0 unspecified atom stereocenters. The predicted octanol–water partition coefficient (Wildman–Crippen LogP) is 3.47. The summed E-state index contributed by atoms with van der Waals surface area (Å²) in [6.45, 7) is 1.42. The zero-order valence-corrected chi connectivity index (χ0v) is 15.0. The minimum absolute atomic E-state index is 0.129. The van der Waals surface area contributed by atoms with E-state index in [4.69, 9.17) is 9.47 Å². The van der Waals surface area contributed by atoms with Crippen LogP contribution in [0.2, 0.25) is 0 Å². The van der Waals surface area contributed by atoms with Gasteiger partial charge in [-0.15, -0.1) is 0 Å². The second kappa shape index (κ2) is 8.04. The number of carbonyl (C=O) groups is 1. The van der Waals surface area contributed by atoms with Crippen molar-refractivity contribution < 1.29 is 14.3 Å². The number of hydrogen-bond acceptors (Lipinski definition) is 4. The smallest absolute Gasteiger partial charge is 0.223 e. The van der Waals surface area contributed by atoms with Crippen molar-refractivity contribution >= 4 is 16.8 Å². The van der Waals surface area contributed by atoms with E-state index in [9.17, 15) is 4.79 Å². The lowest BCUT2D eigenvalue weighted by Crippen LogP contribution is -2.43. The maximum absolute atomic E-state index is 12.4. The molecule has 138 valence electrons. The Bertz CT molecular complexity index is 750. The predicted molar refractivity (Wildman–Crippen MR) is 100 cm³/mol. The highest BCUT2D eigenvalue weighted by atomic mass is 16.5. The van der Waals surface area contributed by atoms with E-state index in [1.807, 2.05) is 18.2 Å². The molecule has 0 spiro atoms. The van der Waals surface area contributed by atoms with Gasteiger partial charge in [0.25, 0.3) is 0 Å². The highest BCUT2D eigenvalue weighted by Gasteiger charge is 2.27. The van der Waals surface area contributed by atoms with Crippen molar-refractivity contribution in [1.82, 2.24) is 10.3 Å². The lowest BCUT2D eigenvalue weighted by molar-refractivity contribution is -0.128. The minimum atomic E-state index is 0.129. The molecule has 1 saturated carbocycles. The van der Waals surface area contributed by atoms with Gasteiger partial charge in [-0.1, -0.05) is 6.07 Å². The third kappa shape index (κ3) is 4.15. The number of nitrogens with one attached hydrogen (secondary N) is 1. The maximum Gasteiger partial charge on any atom is 0.223 e. The van der Waals surface area contributed by atoms with Gasteiger partial charge < -0.3 is 14.8 Å². The normalized spacial score (nSPS) is 24.3. The van der Waals surface area contributed by atoms with Crippen LogP contribution in [0.25, 0.3) is 10.9 Å². The summed E-state index contributed by atoms with van der Waals surface area (Å²) in [5.74, 6) is 1.24. The molecule has 5 heteroatoms. The van der Waals surface area contributed by atoms with E-state index in [1.54, 1.807) is 6.20 Å². The van der Waals surface area contributed by atoms with E-state index in [1.165, 1.54) is 0 Å². The number of nitrogens with zero attached hydrogens (tertiary/aromatic N) is 1. The summed E-state index contributed by atoms with van der Waals surface area (Å²) in [6, 6.07) is 10.3. The average molecular weight is 354 g/mol. The van der Waals surface area contributed by atoms with Crippen LogP contribution in [0, 0.1) is 5.92 Å². The molecule has 0 bridgehead atoms. The lowest BCUT2D eigenvalue weighted by atomic mass is 9.91. The molecule has 2 aromatic rings. The van der Waals surface area contributed by atoms with Crippen LogP contribution < -0.4 is 10.1 Å². The van der Waals surface area contributed by atoms with E-state index < -0.39 is 0 Å². The molecule has 2 heterocycles. The Hall–Kier alpha value is -2.14. The Kier molecular flexibility index (Phi) is 5.34. The highest BCUT2D eigenvalue weighted by Crippen LogP contribution is 2.26. The third-order valence-corrected chi connectivity index (χ3v) is 5.49. The molecule has 2 fully saturated rings. The molecule has 1 amide bonds. The van der Waals surface area contributed by atoms with E-state index in [0.29, 0.717) is 13.2 Å². The first-order valence-electron chi connectivity index (χ1n) is 9.67. The Balaban J connectivity index is 1.27. The van der Waals surface area contributed by atoms with Gasteiger partial charge in [-0.05, 0) is 62.8 Å². The summed E-state index contributed by atoms with van der Waals surface area (Å²) in [7, 11) is 0. The van der Waals surface area contributed by atoms with Crippen molar-refractivity contribution in [2.45, 2.75) is 50.7 Å². The summed E-state index contributed by atoms with van der Waals surface area (Å²) in [5, 5.41) is 4.34. The second-order valence-electron chi connectivity index (χ2n) is 7.34.